The molecule has 0 saturated heterocycles. The van der Waals surface area contributed by atoms with Gasteiger partial charge in [0.1, 0.15) is 0 Å². The second kappa shape index (κ2) is 14.6. The molecule has 0 amide bonds. The molecular formula is C54H38N2OP2. The molecule has 0 radical (unpaired) electrons. The smallest absolute Gasteiger partial charge is 0.171 e. The number of fused-ring (bicyclic) bond motifs is 7. The molecule has 0 saturated carbocycles. The summed E-state index contributed by atoms with van der Waals surface area (Å²) in [5, 5.41) is 11.4. The fraction of sp³-hybridized carbons (Fsp3) is 0. The van der Waals surface area contributed by atoms with Crippen LogP contribution in [0.1, 0.15) is 0 Å². The van der Waals surface area contributed by atoms with Gasteiger partial charge in [-0.2, -0.15) is 0 Å². The lowest BCUT2D eigenvalue weighted by atomic mass is 10.1. The molecule has 0 unspecified atom stereocenters. The number of benzene rings is 9. The molecule has 0 aliphatic carbocycles. The van der Waals surface area contributed by atoms with Crippen LogP contribution in [-0.2, 0) is 4.57 Å². The summed E-state index contributed by atoms with van der Waals surface area (Å²) in [5.41, 5.74) is 6.78. The summed E-state index contributed by atoms with van der Waals surface area (Å²) in [6.07, 6.45) is 0. The van der Waals surface area contributed by atoms with E-state index in [0.717, 1.165) is 38.3 Å². The van der Waals surface area contributed by atoms with Crippen molar-refractivity contribution in [2.45, 2.75) is 0 Å². The van der Waals surface area contributed by atoms with Crippen molar-refractivity contribution in [1.29, 1.82) is 0 Å². The van der Waals surface area contributed by atoms with Crippen LogP contribution in [0.2, 0.25) is 0 Å². The van der Waals surface area contributed by atoms with E-state index in [9.17, 15) is 0 Å². The van der Waals surface area contributed by atoms with Gasteiger partial charge in [0.2, 0.25) is 0 Å². The van der Waals surface area contributed by atoms with Crippen molar-refractivity contribution >= 4 is 90.5 Å². The molecule has 0 spiro atoms. The Hall–Kier alpha value is -6.76. The predicted octanol–water partition coefficient (Wildman–Crippen LogP) is 11.3. The van der Waals surface area contributed by atoms with Crippen molar-refractivity contribution < 1.29 is 4.57 Å². The third-order valence-electron chi connectivity index (χ3n) is 11.6. The third-order valence-corrected chi connectivity index (χ3v) is 17.1. The average molecular weight is 793 g/mol. The molecule has 0 aliphatic heterocycles. The Bertz CT molecular complexity index is 3240. The van der Waals surface area contributed by atoms with Gasteiger partial charge >= 0.3 is 0 Å². The van der Waals surface area contributed by atoms with Gasteiger partial charge in [-0.1, -0.05) is 170 Å². The van der Waals surface area contributed by atoms with E-state index in [1.54, 1.807) is 0 Å². The second-order valence-electron chi connectivity index (χ2n) is 14.9. The van der Waals surface area contributed by atoms with E-state index in [0.29, 0.717) is 0 Å². The van der Waals surface area contributed by atoms with Crippen molar-refractivity contribution in [3.05, 3.63) is 231 Å². The summed E-state index contributed by atoms with van der Waals surface area (Å²) in [7, 11) is -3.82. The van der Waals surface area contributed by atoms with E-state index in [2.05, 4.69) is 179 Å². The Morgan fingerprint density at radius 1 is 0.305 bits per heavy atom. The molecule has 2 heterocycles. The second-order valence-corrected chi connectivity index (χ2v) is 19.9. The molecule has 11 aromatic rings. The zero-order chi connectivity index (χ0) is 39.3. The fourth-order valence-corrected chi connectivity index (χ4v) is 13.9. The van der Waals surface area contributed by atoms with Crippen LogP contribution >= 0.6 is 15.1 Å². The van der Waals surface area contributed by atoms with Crippen LogP contribution in [0.5, 0.6) is 0 Å². The Labute approximate surface area is 344 Å². The van der Waals surface area contributed by atoms with Gasteiger partial charge in [-0.25, -0.2) is 0 Å². The van der Waals surface area contributed by atoms with Gasteiger partial charge in [0.25, 0.3) is 0 Å². The average Bonchev–Trinajstić information content (AvgIpc) is 3.83. The summed E-state index contributed by atoms with van der Waals surface area (Å²) in [4.78, 5) is 0. The highest BCUT2D eigenvalue weighted by Crippen LogP contribution is 2.45. The minimum Gasteiger partial charge on any atom is -0.309 e. The number of rotatable bonds is 8. The largest absolute Gasteiger partial charge is 0.309 e. The number of para-hydroxylation sites is 2. The molecule has 3 nitrogen and oxygen atoms in total. The van der Waals surface area contributed by atoms with Crippen LogP contribution in [0.15, 0.2) is 231 Å². The van der Waals surface area contributed by atoms with Crippen LogP contribution < -0.4 is 31.8 Å². The van der Waals surface area contributed by atoms with Crippen molar-refractivity contribution in [3.63, 3.8) is 0 Å². The van der Waals surface area contributed by atoms with Crippen LogP contribution in [0, 0.1) is 0 Å². The first-order valence-corrected chi connectivity index (χ1v) is 23.0. The van der Waals surface area contributed by atoms with Crippen molar-refractivity contribution in [3.8, 4) is 11.4 Å². The molecule has 0 N–H and O–H groups in total. The molecule has 0 bridgehead atoms. The quantitative estimate of drug-likeness (QED) is 0.141. The van der Waals surface area contributed by atoms with Gasteiger partial charge in [0, 0.05) is 48.8 Å². The molecule has 59 heavy (non-hydrogen) atoms. The zero-order valence-electron chi connectivity index (χ0n) is 32.1. The number of hydrogen-bond donors (Lipinski definition) is 0. The summed E-state index contributed by atoms with van der Waals surface area (Å²) in [6.45, 7) is 0. The maximum Gasteiger partial charge on any atom is 0.171 e. The van der Waals surface area contributed by atoms with E-state index >= 15 is 4.57 Å². The first-order chi connectivity index (χ1) is 29.2. The molecule has 5 heteroatoms. The highest BCUT2D eigenvalue weighted by atomic mass is 31.2. The number of hydrogen-bond acceptors (Lipinski definition) is 1. The highest BCUT2D eigenvalue weighted by Gasteiger charge is 2.30. The van der Waals surface area contributed by atoms with Crippen LogP contribution in [-0.4, -0.2) is 9.13 Å². The summed E-state index contributed by atoms with van der Waals surface area (Å²) in [5.74, 6) is 0. The van der Waals surface area contributed by atoms with E-state index in [1.807, 2.05) is 60.7 Å². The van der Waals surface area contributed by atoms with E-state index < -0.39 is 15.1 Å². The highest BCUT2D eigenvalue weighted by molar-refractivity contribution is 7.85. The Balaban J connectivity index is 1.07. The lowest BCUT2D eigenvalue weighted by molar-refractivity contribution is 0.592. The maximum absolute atomic E-state index is 15.2. The molecule has 0 fully saturated rings. The lowest BCUT2D eigenvalue weighted by Crippen LogP contribution is -2.24. The third kappa shape index (κ3) is 5.81. The monoisotopic (exact) mass is 792 g/mol. The zero-order valence-corrected chi connectivity index (χ0v) is 33.9. The first-order valence-electron chi connectivity index (χ1n) is 20.0. The molecule has 280 valence electrons. The van der Waals surface area contributed by atoms with Crippen LogP contribution in [0.3, 0.4) is 0 Å². The van der Waals surface area contributed by atoms with Gasteiger partial charge in [-0.05, 0) is 84.5 Å². The van der Waals surface area contributed by atoms with Crippen molar-refractivity contribution in [2.75, 3.05) is 0 Å². The van der Waals surface area contributed by atoms with E-state index in [4.69, 9.17) is 0 Å². The minimum absolute atomic E-state index is 0.708. The summed E-state index contributed by atoms with van der Waals surface area (Å²) >= 11 is 0. The topological polar surface area (TPSA) is 26.9 Å². The van der Waals surface area contributed by atoms with Gasteiger partial charge in [-0.15, -0.1) is 0 Å². The molecule has 9 aromatic carbocycles. The van der Waals surface area contributed by atoms with Gasteiger partial charge < -0.3 is 13.7 Å². The summed E-state index contributed by atoms with van der Waals surface area (Å²) < 4.78 is 20.0. The van der Waals surface area contributed by atoms with E-state index in [-0.39, 0.29) is 0 Å². The minimum atomic E-state index is -3.11. The van der Waals surface area contributed by atoms with Gasteiger partial charge in [-0.3, -0.25) is 0 Å². The molecular weight excluding hydrogens is 755 g/mol. The Kier molecular flexibility index (Phi) is 8.74. The Morgan fingerprint density at radius 3 is 1.08 bits per heavy atom. The first kappa shape index (κ1) is 35.4. The molecule has 0 aliphatic rings. The van der Waals surface area contributed by atoms with Crippen LogP contribution in [0.25, 0.3) is 55.0 Å². The summed E-state index contributed by atoms with van der Waals surface area (Å²) in [6, 6.07) is 81.2. The van der Waals surface area contributed by atoms with Crippen LogP contribution in [0.4, 0.5) is 0 Å². The SMILES string of the molecule is O=P(c1ccccc1)(c1ccccc1)c1ccc(-n2c3ccccc3c3c4c5ccccc5n(-c5ccc(P(c6ccccc6)c6ccccc6)cc5)c4ccc32)cc1. The van der Waals surface area contributed by atoms with E-state index in [1.165, 1.54) is 48.5 Å². The standard InChI is InChI=1S/C54H38N2OP2/c57-59(44-21-9-3-10-22-44,45-23-11-4-12-24-45)46-35-31-40(32-36-46)56-50-28-16-14-26-48(50)54-52(56)38-37-51-53(54)47-25-13-15-27-49(47)55(51)39-29-33-43(34-30-39)58(41-17-5-1-6-18-41)42-19-7-2-8-20-42/h1-38H. The Morgan fingerprint density at radius 2 is 0.644 bits per heavy atom. The van der Waals surface area contributed by atoms with Crippen molar-refractivity contribution in [2.24, 2.45) is 0 Å². The number of nitrogens with zero attached hydrogens (tertiary/aromatic N) is 2. The predicted molar refractivity (Wildman–Crippen MR) is 253 cm³/mol. The van der Waals surface area contributed by atoms with Crippen molar-refractivity contribution in [1.82, 2.24) is 9.13 Å². The lowest BCUT2D eigenvalue weighted by Gasteiger charge is -2.20. The molecule has 11 rings (SSSR count). The fourth-order valence-electron chi connectivity index (χ4n) is 8.96. The normalized spacial score (nSPS) is 11.9. The van der Waals surface area contributed by atoms with Gasteiger partial charge in [0.05, 0.1) is 22.1 Å². The van der Waals surface area contributed by atoms with Gasteiger partial charge in [0.15, 0.2) is 7.14 Å². The maximum atomic E-state index is 15.2. The molecule has 0 atom stereocenters. The molecule has 2 aromatic heterocycles. The number of aromatic nitrogens is 2.